The van der Waals surface area contributed by atoms with Crippen LogP contribution in [0.1, 0.15) is 47.3 Å². The molecule has 0 fully saturated rings. The third-order valence-electron chi connectivity index (χ3n) is 8.74. The van der Waals surface area contributed by atoms with Crippen molar-refractivity contribution in [2.45, 2.75) is 76.3 Å². The molecular weight excluding hydrogens is 895 g/mol. The number of benzene rings is 2. The van der Waals surface area contributed by atoms with Crippen molar-refractivity contribution in [2.24, 2.45) is 11.5 Å². The third-order valence-corrected chi connectivity index (χ3v) is 8.74. The van der Waals surface area contributed by atoms with Crippen LogP contribution in [-0.4, -0.2) is 96.5 Å². The molecule has 17 nitrogen and oxygen atoms in total. The molecule has 0 bridgehead atoms. The van der Waals surface area contributed by atoms with Crippen LogP contribution in [-0.2, 0) is 65.5 Å². The summed E-state index contributed by atoms with van der Waals surface area (Å²) in [5.74, 6) is -10.3. The molecule has 2 aliphatic rings. The van der Waals surface area contributed by atoms with E-state index >= 15 is 0 Å². The third kappa shape index (κ3) is 13.9. The lowest BCUT2D eigenvalue weighted by molar-refractivity contribution is -0.149. The van der Waals surface area contributed by atoms with Gasteiger partial charge in [-0.15, -0.1) is 20.4 Å². The van der Waals surface area contributed by atoms with Gasteiger partial charge in [0.25, 0.3) is 0 Å². The maximum Gasteiger partial charge on any atom is 0.466 e. The van der Waals surface area contributed by atoms with E-state index in [4.69, 9.17) is 30.7 Å². The standard InChI is InChI=1S/2C16H15F6N5O.H3O4P.H2O/c2*17-10-6-12(19)11(18)4-8(10)3-9(23)5-14(28)26-1-2-27-13(7-26)24-25-15(27)16(20,21)22;1-5(2,3)4;/h2*4,6,9H,1-3,5,7,23H2;(H3,1,2,3,4);1H2/t2*9-;;/m00../s1. The van der Waals surface area contributed by atoms with Crippen LogP contribution in [0.25, 0.3) is 0 Å². The van der Waals surface area contributed by atoms with E-state index in [0.29, 0.717) is 24.3 Å². The number of hydrogen-bond acceptors (Lipinski definition) is 9. The Morgan fingerprint density at radius 2 is 0.903 bits per heavy atom. The number of carbonyl (C=O) groups is 2. The number of phosphoric acid groups is 1. The number of amides is 2. The molecule has 0 unspecified atom stereocenters. The lowest BCUT2D eigenvalue weighted by atomic mass is 10.0. The van der Waals surface area contributed by atoms with Crippen molar-refractivity contribution in [1.82, 2.24) is 39.3 Å². The number of halogens is 12. The molecule has 0 spiro atoms. The molecule has 2 aliphatic heterocycles. The Morgan fingerprint density at radius 1 is 0.597 bits per heavy atom. The van der Waals surface area contributed by atoms with Crippen LogP contribution in [0.2, 0.25) is 0 Å². The molecule has 2 aromatic heterocycles. The summed E-state index contributed by atoms with van der Waals surface area (Å²) in [6.07, 6.45) is -10.2. The molecule has 4 heterocycles. The lowest BCUT2D eigenvalue weighted by Gasteiger charge is -2.29. The summed E-state index contributed by atoms with van der Waals surface area (Å²) in [6, 6.07) is 0.368. The van der Waals surface area contributed by atoms with Gasteiger partial charge in [-0.25, -0.2) is 30.9 Å². The maximum absolute atomic E-state index is 13.7. The van der Waals surface area contributed by atoms with E-state index in [1.807, 2.05) is 0 Å². The molecule has 0 saturated heterocycles. The summed E-state index contributed by atoms with van der Waals surface area (Å²) in [6.45, 7) is -0.604. The number of alkyl halides is 6. The van der Waals surface area contributed by atoms with Crippen molar-refractivity contribution in [3.63, 3.8) is 0 Å². The first-order chi connectivity index (χ1) is 28.1. The average Bonchev–Trinajstić information content (AvgIpc) is 3.77. The number of hydrogen-bond donors (Lipinski definition) is 5. The Bertz CT molecular complexity index is 2120. The predicted molar refractivity (Wildman–Crippen MR) is 184 cm³/mol. The minimum Gasteiger partial charge on any atom is -0.412 e. The number of rotatable bonds is 8. The highest BCUT2D eigenvalue weighted by atomic mass is 31.2. The summed E-state index contributed by atoms with van der Waals surface area (Å²) in [5, 5.41) is 13.2. The largest absolute Gasteiger partial charge is 0.466 e. The van der Waals surface area contributed by atoms with Gasteiger partial charge in [0, 0.05) is 63.2 Å². The van der Waals surface area contributed by atoms with Crippen LogP contribution in [0.4, 0.5) is 52.7 Å². The van der Waals surface area contributed by atoms with Gasteiger partial charge in [0.2, 0.25) is 23.5 Å². The van der Waals surface area contributed by atoms with E-state index < -0.39 is 90.6 Å². The molecule has 0 saturated carbocycles. The summed E-state index contributed by atoms with van der Waals surface area (Å²) in [4.78, 5) is 48.8. The highest BCUT2D eigenvalue weighted by Crippen LogP contribution is 2.31. The van der Waals surface area contributed by atoms with Crippen molar-refractivity contribution in [3.8, 4) is 0 Å². The van der Waals surface area contributed by atoms with Gasteiger partial charge in [-0.05, 0) is 36.1 Å². The molecule has 2 atom stereocenters. The maximum atomic E-state index is 13.7. The molecule has 4 aromatic rings. The van der Waals surface area contributed by atoms with Gasteiger partial charge in [-0.1, -0.05) is 0 Å². The lowest BCUT2D eigenvalue weighted by Crippen LogP contribution is -2.42. The first-order valence-corrected chi connectivity index (χ1v) is 18.8. The Labute approximate surface area is 340 Å². The SMILES string of the molecule is N[C@H](CC(=O)N1CCn2c(nnc2C(F)(F)F)C1)Cc1cc(F)c(F)cc1F.N[C@H](CC(=O)N1CCn2c(nnc2C(F)(F)F)C1)Cc1cc(F)c(F)cc1F.O.O=P(O)(O)O. The minimum atomic E-state index is -4.64. The molecule has 6 rings (SSSR count). The molecule has 30 heteroatoms. The fourth-order valence-corrected chi connectivity index (χ4v) is 6.02. The van der Waals surface area contributed by atoms with E-state index in [0.717, 1.165) is 9.13 Å². The monoisotopic (exact) mass is 930 g/mol. The minimum absolute atomic E-state index is 0. The predicted octanol–water partition coefficient (Wildman–Crippen LogP) is 2.28. The topological polar surface area (TPSA) is 263 Å². The van der Waals surface area contributed by atoms with Crippen LogP contribution in [0.15, 0.2) is 24.3 Å². The van der Waals surface area contributed by atoms with Crippen LogP contribution in [0.3, 0.4) is 0 Å². The van der Waals surface area contributed by atoms with Crippen molar-refractivity contribution in [1.29, 1.82) is 0 Å². The Morgan fingerprint density at radius 3 is 1.21 bits per heavy atom. The smallest absolute Gasteiger partial charge is 0.412 e. The normalized spacial score (nSPS) is 14.9. The number of carbonyl (C=O) groups excluding carboxylic acids is 2. The average molecular weight is 931 g/mol. The molecule has 2 amide bonds. The van der Waals surface area contributed by atoms with Crippen molar-refractivity contribution in [3.05, 3.63) is 93.6 Å². The summed E-state index contributed by atoms with van der Waals surface area (Å²) in [7, 11) is -4.64. The number of fused-ring (bicyclic) bond motifs is 2. The van der Waals surface area contributed by atoms with Gasteiger partial charge in [0.15, 0.2) is 34.9 Å². The van der Waals surface area contributed by atoms with Crippen LogP contribution < -0.4 is 11.5 Å². The Balaban J connectivity index is 0.000000294. The first-order valence-electron chi connectivity index (χ1n) is 17.2. The van der Waals surface area contributed by atoms with Crippen LogP contribution in [0.5, 0.6) is 0 Å². The van der Waals surface area contributed by atoms with Gasteiger partial charge in [-0.3, -0.25) is 9.59 Å². The zero-order chi connectivity index (χ0) is 45.8. The van der Waals surface area contributed by atoms with E-state index in [9.17, 15) is 62.3 Å². The van der Waals surface area contributed by atoms with Crippen LogP contribution in [0, 0.1) is 34.9 Å². The van der Waals surface area contributed by atoms with E-state index in [-0.39, 0.29) is 93.2 Å². The summed E-state index contributed by atoms with van der Waals surface area (Å²) in [5.41, 5.74) is 11.3. The highest BCUT2D eigenvalue weighted by molar-refractivity contribution is 7.45. The zero-order valence-corrected chi connectivity index (χ0v) is 32.2. The highest BCUT2D eigenvalue weighted by Gasteiger charge is 2.41. The van der Waals surface area contributed by atoms with E-state index in [1.165, 1.54) is 9.80 Å². The number of nitrogens with two attached hydrogens (primary N) is 2. The molecule has 9 N–H and O–H groups in total. The van der Waals surface area contributed by atoms with Gasteiger partial charge >= 0.3 is 20.2 Å². The van der Waals surface area contributed by atoms with Gasteiger partial charge in [-0.2, -0.15) is 26.3 Å². The van der Waals surface area contributed by atoms with E-state index in [1.54, 1.807) is 0 Å². The van der Waals surface area contributed by atoms with Gasteiger partial charge < -0.3 is 50.6 Å². The Kier molecular flexibility index (Phi) is 16.8. The first kappa shape index (κ1) is 51.2. The second-order valence-corrected chi connectivity index (χ2v) is 14.4. The molecule has 2 aromatic carbocycles. The Hall–Kier alpha value is -5.19. The summed E-state index contributed by atoms with van der Waals surface area (Å²) < 4.78 is 167. The number of aromatic nitrogens is 6. The van der Waals surface area contributed by atoms with E-state index in [2.05, 4.69) is 20.4 Å². The fourth-order valence-electron chi connectivity index (χ4n) is 6.02. The second kappa shape index (κ2) is 20.3. The van der Waals surface area contributed by atoms with Crippen molar-refractivity contribution >= 4 is 19.6 Å². The quantitative estimate of drug-likeness (QED) is 0.0969. The van der Waals surface area contributed by atoms with Crippen molar-refractivity contribution in [2.75, 3.05) is 13.1 Å². The molecule has 0 radical (unpaired) electrons. The number of nitrogens with zero attached hydrogens (tertiary/aromatic N) is 8. The molecule has 0 aliphatic carbocycles. The van der Waals surface area contributed by atoms with Crippen LogP contribution >= 0.6 is 7.82 Å². The van der Waals surface area contributed by atoms with Crippen molar-refractivity contribution < 1.29 is 87.0 Å². The summed E-state index contributed by atoms with van der Waals surface area (Å²) >= 11 is 0. The molecular formula is C32H35F12N10O7P. The second-order valence-electron chi connectivity index (χ2n) is 13.4. The molecule has 344 valence electrons. The van der Waals surface area contributed by atoms with Gasteiger partial charge in [0.05, 0.1) is 13.1 Å². The zero-order valence-electron chi connectivity index (χ0n) is 31.3. The molecule has 62 heavy (non-hydrogen) atoms. The van der Waals surface area contributed by atoms with Gasteiger partial charge in [0.1, 0.15) is 11.6 Å². The fraction of sp³-hybridized carbons (Fsp3) is 0.438.